The lowest BCUT2D eigenvalue weighted by Crippen LogP contribution is -2.15. The summed E-state index contributed by atoms with van der Waals surface area (Å²) < 4.78 is 5.63. The number of nitrogens with one attached hydrogen (secondary N) is 1. The molecule has 0 spiro atoms. The first kappa shape index (κ1) is 9.78. The summed E-state index contributed by atoms with van der Waals surface area (Å²) >= 11 is 0. The maximum absolute atomic E-state index is 5.63. The summed E-state index contributed by atoms with van der Waals surface area (Å²) in [6.07, 6.45) is 5.42. The second-order valence-corrected chi connectivity index (χ2v) is 4.31. The molecular formula is C12H19NO. The van der Waals surface area contributed by atoms with Crippen LogP contribution in [0.5, 0.6) is 0 Å². The molecule has 1 atom stereocenters. The van der Waals surface area contributed by atoms with Crippen molar-refractivity contribution in [3.8, 4) is 0 Å². The summed E-state index contributed by atoms with van der Waals surface area (Å²) in [6, 6.07) is 4.53. The topological polar surface area (TPSA) is 25.2 Å². The lowest BCUT2D eigenvalue weighted by atomic mass is 10.1. The van der Waals surface area contributed by atoms with Crippen molar-refractivity contribution < 1.29 is 4.42 Å². The maximum atomic E-state index is 5.63. The Labute approximate surface area is 85.7 Å². The van der Waals surface area contributed by atoms with E-state index in [4.69, 9.17) is 4.42 Å². The molecule has 0 bridgehead atoms. The highest BCUT2D eigenvalue weighted by atomic mass is 16.3. The van der Waals surface area contributed by atoms with Gasteiger partial charge in [-0.25, -0.2) is 0 Å². The molecule has 1 aromatic rings. The van der Waals surface area contributed by atoms with Crippen LogP contribution in [-0.4, -0.2) is 7.05 Å². The zero-order chi connectivity index (χ0) is 9.97. The molecule has 0 aliphatic heterocycles. The molecule has 2 rings (SSSR count). The minimum absolute atomic E-state index is 0.407. The largest absolute Gasteiger partial charge is 0.465 e. The second-order valence-electron chi connectivity index (χ2n) is 4.31. The molecule has 14 heavy (non-hydrogen) atoms. The van der Waals surface area contributed by atoms with Crippen LogP contribution in [-0.2, 0) is 0 Å². The van der Waals surface area contributed by atoms with Crippen molar-refractivity contribution in [1.29, 1.82) is 0 Å². The third-order valence-electron chi connectivity index (χ3n) is 3.01. The van der Waals surface area contributed by atoms with Crippen molar-refractivity contribution >= 4 is 0 Å². The smallest absolute Gasteiger partial charge is 0.121 e. The van der Waals surface area contributed by atoms with E-state index in [0.717, 1.165) is 17.4 Å². The molecule has 2 heteroatoms. The van der Waals surface area contributed by atoms with Gasteiger partial charge < -0.3 is 9.73 Å². The summed E-state index contributed by atoms with van der Waals surface area (Å²) in [5, 5.41) is 3.32. The molecule has 78 valence electrons. The van der Waals surface area contributed by atoms with Crippen LogP contribution in [0.15, 0.2) is 16.5 Å². The Bertz CT molecular complexity index is 288. The van der Waals surface area contributed by atoms with Crippen molar-refractivity contribution in [2.24, 2.45) is 5.92 Å². The van der Waals surface area contributed by atoms with Crippen molar-refractivity contribution in [3.63, 3.8) is 0 Å². The predicted octanol–water partition coefficient (Wildman–Crippen LogP) is 3.04. The SMILES string of the molecule is CNC(CCC1CC1)c1ccc(C)o1. The van der Waals surface area contributed by atoms with E-state index in [9.17, 15) is 0 Å². The summed E-state index contributed by atoms with van der Waals surface area (Å²) in [7, 11) is 2.01. The maximum Gasteiger partial charge on any atom is 0.121 e. The van der Waals surface area contributed by atoms with Gasteiger partial charge in [0.15, 0.2) is 0 Å². The molecular weight excluding hydrogens is 174 g/mol. The second kappa shape index (κ2) is 4.18. The number of rotatable bonds is 5. The number of aryl methyl sites for hydroxylation is 1. The van der Waals surface area contributed by atoms with E-state index in [1.807, 2.05) is 20.0 Å². The third-order valence-corrected chi connectivity index (χ3v) is 3.01. The van der Waals surface area contributed by atoms with E-state index < -0.39 is 0 Å². The van der Waals surface area contributed by atoms with Crippen molar-refractivity contribution in [2.75, 3.05) is 7.05 Å². The van der Waals surface area contributed by atoms with E-state index in [0.29, 0.717) is 6.04 Å². The Morgan fingerprint density at radius 1 is 1.50 bits per heavy atom. The highest BCUT2D eigenvalue weighted by Crippen LogP contribution is 2.35. The van der Waals surface area contributed by atoms with E-state index in [-0.39, 0.29) is 0 Å². The molecule has 0 amide bonds. The molecule has 0 radical (unpaired) electrons. The fraction of sp³-hybridized carbons (Fsp3) is 0.667. The number of furan rings is 1. The lowest BCUT2D eigenvalue weighted by molar-refractivity contribution is 0.390. The van der Waals surface area contributed by atoms with Gasteiger partial charge in [-0.3, -0.25) is 0 Å². The predicted molar refractivity (Wildman–Crippen MR) is 57.2 cm³/mol. The molecule has 1 saturated carbocycles. The summed E-state index contributed by atoms with van der Waals surface area (Å²) in [5.74, 6) is 3.10. The minimum Gasteiger partial charge on any atom is -0.465 e. The van der Waals surface area contributed by atoms with Crippen LogP contribution >= 0.6 is 0 Å². The van der Waals surface area contributed by atoms with Crippen molar-refractivity contribution in [3.05, 3.63) is 23.7 Å². The van der Waals surface area contributed by atoms with Gasteiger partial charge in [-0.15, -0.1) is 0 Å². The molecule has 1 aliphatic carbocycles. The number of hydrogen-bond acceptors (Lipinski definition) is 2. The van der Waals surface area contributed by atoms with Crippen LogP contribution in [0.1, 0.15) is 43.2 Å². The number of hydrogen-bond donors (Lipinski definition) is 1. The normalized spacial score (nSPS) is 18.4. The zero-order valence-electron chi connectivity index (χ0n) is 9.05. The van der Waals surface area contributed by atoms with Gasteiger partial charge >= 0.3 is 0 Å². The Morgan fingerprint density at radius 3 is 2.79 bits per heavy atom. The molecule has 1 N–H and O–H groups in total. The lowest BCUT2D eigenvalue weighted by Gasteiger charge is -2.12. The average molecular weight is 193 g/mol. The molecule has 1 heterocycles. The van der Waals surface area contributed by atoms with E-state index in [1.165, 1.54) is 25.7 Å². The molecule has 1 unspecified atom stereocenters. The molecule has 1 aromatic heterocycles. The van der Waals surface area contributed by atoms with Gasteiger partial charge in [-0.1, -0.05) is 12.8 Å². The van der Waals surface area contributed by atoms with E-state index in [2.05, 4.69) is 11.4 Å². The Balaban J connectivity index is 1.90. The zero-order valence-corrected chi connectivity index (χ0v) is 9.05. The van der Waals surface area contributed by atoms with Gasteiger partial charge in [0.05, 0.1) is 6.04 Å². The Morgan fingerprint density at radius 2 is 2.29 bits per heavy atom. The molecule has 1 fully saturated rings. The van der Waals surface area contributed by atoms with Gasteiger partial charge in [-0.2, -0.15) is 0 Å². The van der Waals surface area contributed by atoms with Gasteiger partial charge in [0.25, 0.3) is 0 Å². The highest BCUT2D eigenvalue weighted by molar-refractivity contribution is 5.09. The van der Waals surface area contributed by atoms with Gasteiger partial charge in [0.1, 0.15) is 11.5 Å². The first-order valence-corrected chi connectivity index (χ1v) is 5.53. The van der Waals surface area contributed by atoms with Crippen LogP contribution < -0.4 is 5.32 Å². The Hall–Kier alpha value is -0.760. The van der Waals surface area contributed by atoms with Crippen LogP contribution in [0.4, 0.5) is 0 Å². The van der Waals surface area contributed by atoms with Gasteiger partial charge in [0, 0.05) is 0 Å². The fourth-order valence-electron chi connectivity index (χ4n) is 1.88. The van der Waals surface area contributed by atoms with E-state index >= 15 is 0 Å². The van der Waals surface area contributed by atoms with Gasteiger partial charge in [0.2, 0.25) is 0 Å². The summed E-state index contributed by atoms with van der Waals surface area (Å²) in [5.41, 5.74) is 0. The molecule has 2 nitrogen and oxygen atoms in total. The van der Waals surface area contributed by atoms with E-state index in [1.54, 1.807) is 0 Å². The standard InChI is InChI=1S/C12H19NO/c1-9-3-8-12(14-9)11(13-2)7-6-10-4-5-10/h3,8,10-11,13H,4-7H2,1-2H3. The summed E-state index contributed by atoms with van der Waals surface area (Å²) in [4.78, 5) is 0. The van der Waals surface area contributed by atoms with Crippen LogP contribution in [0.2, 0.25) is 0 Å². The molecule has 0 saturated heterocycles. The third kappa shape index (κ3) is 2.38. The fourth-order valence-corrected chi connectivity index (χ4v) is 1.88. The monoisotopic (exact) mass is 193 g/mol. The minimum atomic E-state index is 0.407. The van der Waals surface area contributed by atoms with Crippen LogP contribution in [0.25, 0.3) is 0 Å². The Kier molecular flexibility index (Phi) is 2.92. The first-order valence-electron chi connectivity index (χ1n) is 5.53. The average Bonchev–Trinajstić information content (AvgIpc) is 2.90. The summed E-state index contributed by atoms with van der Waals surface area (Å²) in [6.45, 7) is 2.00. The highest BCUT2D eigenvalue weighted by Gasteiger charge is 2.23. The van der Waals surface area contributed by atoms with Crippen molar-refractivity contribution in [1.82, 2.24) is 5.32 Å². The van der Waals surface area contributed by atoms with Crippen molar-refractivity contribution in [2.45, 2.75) is 38.6 Å². The first-order chi connectivity index (χ1) is 6.79. The van der Waals surface area contributed by atoms with Gasteiger partial charge in [-0.05, 0) is 44.9 Å². The molecule has 0 aromatic carbocycles. The van der Waals surface area contributed by atoms with Crippen LogP contribution in [0.3, 0.4) is 0 Å². The quantitative estimate of drug-likeness (QED) is 0.777. The molecule has 1 aliphatic rings. The van der Waals surface area contributed by atoms with Crippen LogP contribution in [0, 0.1) is 12.8 Å².